The molecule has 0 aliphatic carbocycles. The van der Waals surface area contributed by atoms with E-state index in [1.54, 1.807) is 77.5 Å². The van der Waals surface area contributed by atoms with E-state index in [-0.39, 0.29) is 5.78 Å². The van der Waals surface area contributed by atoms with Crippen molar-refractivity contribution < 1.29 is 37.7 Å². The molecule has 0 amide bonds. The highest BCUT2D eigenvalue weighted by atomic mass is 32.2. The van der Waals surface area contributed by atoms with Crippen LogP contribution in [0.15, 0.2) is 43.3 Å². The van der Waals surface area contributed by atoms with Crippen LogP contribution in [0.1, 0.15) is 55.1 Å². The molecule has 1 atom stereocenters. The van der Waals surface area contributed by atoms with E-state index in [9.17, 15) is 9.90 Å². The summed E-state index contributed by atoms with van der Waals surface area (Å²) < 4.78 is 34.0. The van der Waals surface area contributed by atoms with E-state index in [0.717, 1.165) is 51.3 Å². The lowest BCUT2D eigenvalue weighted by molar-refractivity contribution is 0.101. The Hall–Kier alpha value is -2.95. The van der Waals surface area contributed by atoms with Crippen molar-refractivity contribution in [2.75, 3.05) is 39.9 Å². The Labute approximate surface area is 236 Å². The predicted octanol–water partition coefficient (Wildman–Crippen LogP) is 7.52. The molecule has 0 spiro atoms. The fraction of sp³-hybridized carbons (Fsp3) is 0.414. The van der Waals surface area contributed by atoms with E-state index in [4.69, 9.17) is 27.8 Å². The number of hydrogen-bond acceptors (Lipinski definition) is 10. The van der Waals surface area contributed by atoms with Crippen LogP contribution in [0.2, 0.25) is 0 Å². The second kappa shape index (κ2) is 12.9. The number of unbranched alkanes of at least 4 members (excludes halogenated alkanes) is 2. The summed E-state index contributed by atoms with van der Waals surface area (Å²) in [6, 6.07) is 3.60. The van der Waals surface area contributed by atoms with Gasteiger partial charge in [0.25, 0.3) is 0 Å². The molecule has 0 radical (unpaired) electrons. The highest BCUT2D eigenvalue weighted by molar-refractivity contribution is 7.99. The maximum Gasteiger partial charge on any atom is 0.180 e. The normalized spacial score (nSPS) is 12.2. The molecular formula is C29H34O8S2. The summed E-state index contributed by atoms with van der Waals surface area (Å²) in [6.45, 7) is 3.26. The van der Waals surface area contributed by atoms with Crippen molar-refractivity contribution >= 4 is 51.2 Å². The summed E-state index contributed by atoms with van der Waals surface area (Å²) in [6.07, 6.45) is 5.29. The smallest absolute Gasteiger partial charge is 0.180 e. The molecule has 1 unspecified atom stereocenters. The van der Waals surface area contributed by atoms with Crippen LogP contribution in [0.3, 0.4) is 0 Å². The second-order valence-electron chi connectivity index (χ2n) is 8.90. The first-order valence-electron chi connectivity index (χ1n) is 12.6. The SMILES string of the molecule is COc1c(C(C)=O)c(SCCCCCSc2c(C(C)O)c(OC)c3ccoc3c2OC)c(OC)c2occc12. The van der Waals surface area contributed by atoms with Crippen molar-refractivity contribution in [3.63, 3.8) is 0 Å². The number of Topliss-reactive ketones (excluding diaryl/α,β-unsaturated/α-hetero) is 1. The number of benzene rings is 2. The Morgan fingerprint density at radius 1 is 0.795 bits per heavy atom. The third kappa shape index (κ3) is 5.55. The van der Waals surface area contributed by atoms with Crippen molar-refractivity contribution in [3.8, 4) is 23.0 Å². The van der Waals surface area contributed by atoms with Crippen LogP contribution in [0.5, 0.6) is 23.0 Å². The Kier molecular flexibility index (Phi) is 9.63. The minimum atomic E-state index is -0.735. The van der Waals surface area contributed by atoms with Gasteiger partial charge in [0.05, 0.1) is 73.2 Å². The second-order valence-corrected chi connectivity index (χ2v) is 11.1. The van der Waals surface area contributed by atoms with Gasteiger partial charge in [-0.05, 0) is 50.3 Å². The lowest BCUT2D eigenvalue weighted by Gasteiger charge is -2.19. The molecule has 0 aliphatic rings. The highest BCUT2D eigenvalue weighted by Gasteiger charge is 2.27. The average Bonchev–Trinajstić information content (AvgIpc) is 3.60. The Morgan fingerprint density at radius 2 is 1.28 bits per heavy atom. The number of fused-ring (bicyclic) bond motifs is 2. The topological polar surface area (TPSA) is 101 Å². The zero-order valence-electron chi connectivity index (χ0n) is 23.0. The van der Waals surface area contributed by atoms with Crippen LogP contribution in [0.25, 0.3) is 21.9 Å². The maximum absolute atomic E-state index is 12.6. The van der Waals surface area contributed by atoms with Gasteiger partial charge in [-0.25, -0.2) is 0 Å². The number of aliphatic hydroxyl groups is 1. The maximum atomic E-state index is 12.6. The Morgan fingerprint density at radius 3 is 1.77 bits per heavy atom. The minimum absolute atomic E-state index is 0.0843. The summed E-state index contributed by atoms with van der Waals surface area (Å²) in [4.78, 5) is 14.2. The molecule has 0 saturated carbocycles. The number of aliphatic hydroxyl groups excluding tert-OH is 1. The van der Waals surface area contributed by atoms with E-state index in [0.29, 0.717) is 45.3 Å². The Bertz CT molecular complexity index is 1450. The van der Waals surface area contributed by atoms with Crippen molar-refractivity contribution in [1.29, 1.82) is 0 Å². The van der Waals surface area contributed by atoms with Gasteiger partial charge in [-0.15, -0.1) is 23.5 Å². The summed E-state index contributed by atoms with van der Waals surface area (Å²) >= 11 is 3.20. The zero-order chi connectivity index (χ0) is 28.1. The number of furan rings is 2. The fourth-order valence-corrected chi connectivity index (χ4v) is 7.29. The van der Waals surface area contributed by atoms with Gasteiger partial charge in [-0.1, -0.05) is 6.42 Å². The summed E-state index contributed by atoms with van der Waals surface area (Å²) in [7, 11) is 6.34. The number of carbonyl (C=O) groups is 1. The summed E-state index contributed by atoms with van der Waals surface area (Å²) in [5.41, 5.74) is 2.40. The molecule has 2 aromatic carbocycles. The van der Waals surface area contributed by atoms with E-state index in [1.807, 2.05) is 6.07 Å². The van der Waals surface area contributed by atoms with Crippen LogP contribution in [0.4, 0.5) is 0 Å². The number of thioether (sulfide) groups is 2. The summed E-state index contributed by atoms with van der Waals surface area (Å²) in [5.74, 6) is 3.82. The zero-order valence-corrected chi connectivity index (χ0v) is 24.7. The number of rotatable bonds is 14. The fourth-order valence-electron chi connectivity index (χ4n) is 4.77. The van der Waals surface area contributed by atoms with Gasteiger partial charge < -0.3 is 32.9 Å². The van der Waals surface area contributed by atoms with Gasteiger partial charge in [-0.2, -0.15) is 0 Å². The molecule has 8 nitrogen and oxygen atoms in total. The number of ketones is 1. The molecule has 2 heterocycles. The minimum Gasteiger partial charge on any atom is -0.496 e. The molecule has 0 aliphatic heterocycles. The number of hydrogen-bond donors (Lipinski definition) is 1. The third-order valence-electron chi connectivity index (χ3n) is 6.46. The molecule has 4 rings (SSSR count). The molecule has 2 aromatic heterocycles. The standard InChI is InChI=1S/C29H34O8S2/c1-16(30)20-22(32-3)18-10-12-36-24(18)26(34-5)28(20)38-14-8-7-9-15-39-29-21(17(2)31)23(33-4)19-11-13-37-25(19)27(29)35-6/h10-13,16,30H,7-9,14-15H2,1-6H3. The van der Waals surface area contributed by atoms with Crippen LogP contribution in [-0.4, -0.2) is 50.8 Å². The van der Waals surface area contributed by atoms with Gasteiger partial charge in [0.1, 0.15) is 11.5 Å². The molecule has 1 N–H and O–H groups in total. The van der Waals surface area contributed by atoms with E-state index >= 15 is 0 Å². The lowest BCUT2D eigenvalue weighted by atomic mass is 10.1. The van der Waals surface area contributed by atoms with Crippen LogP contribution in [-0.2, 0) is 0 Å². The van der Waals surface area contributed by atoms with Gasteiger partial charge in [0, 0.05) is 5.56 Å². The van der Waals surface area contributed by atoms with Crippen LogP contribution in [0, 0.1) is 0 Å². The van der Waals surface area contributed by atoms with Crippen LogP contribution < -0.4 is 18.9 Å². The van der Waals surface area contributed by atoms with Gasteiger partial charge >= 0.3 is 0 Å². The molecule has 0 saturated heterocycles. The molecule has 39 heavy (non-hydrogen) atoms. The molecule has 4 aromatic rings. The number of carbonyl (C=O) groups excluding carboxylic acids is 1. The molecule has 0 fully saturated rings. The van der Waals surface area contributed by atoms with Crippen molar-refractivity contribution in [2.45, 2.75) is 49.0 Å². The van der Waals surface area contributed by atoms with Crippen molar-refractivity contribution in [2.24, 2.45) is 0 Å². The average molecular weight is 575 g/mol. The van der Waals surface area contributed by atoms with Gasteiger partial charge in [0.15, 0.2) is 28.4 Å². The lowest BCUT2D eigenvalue weighted by Crippen LogP contribution is -2.03. The molecule has 10 heteroatoms. The van der Waals surface area contributed by atoms with Crippen molar-refractivity contribution in [3.05, 3.63) is 35.8 Å². The van der Waals surface area contributed by atoms with Crippen LogP contribution >= 0.6 is 23.5 Å². The van der Waals surface area contributed by atoms with E-state index in [1.165, 1.54) is 6.92 Å². The van der Waals surface area contributed by atoms with E-state index < -0.39 is 6.10 Å². The summed E-state index contributed by atoms with van der Waals surface area (Å²) in [5, 5.41) is 12.1. The molecule has 210 valence electrons. The predicted molar refractivity (Wildman–Crippen MR) is 155 cm³/mol. The largest absolute Gasteiger partial charge is 0.496 e. The number of methoxy groups -OCH3 is 4. The first-order valence-corrected chi connectivity index (χ1v) is 14.6. The van der Waals surface area contributed by atoms with Gasteiger partial charge in [-0.3, -0.25) is 4.79 Å². The molecular weight excluding hydrogens is 540 g/mol. The first kappa shape index (κ1) is 29.0. The monoisotopic (exact) mass is 574 g/mol. The van der Waals surface area contributed by atoms with Gasteiger partial charge in [0.2, 0.25) is 0 Å². The quantitative estimate of drug-likeness (QED) is 0.0924. The first-order chi connectivity index (χ1) is 18.9. The molecule has 0 bridgehead atoms. The highest BCUT2D eigenvalue weighted by Crippen LogP contribution is 2.49. The van der Waals surface area contributed by atoms with E-state index in [2.05, 4.69) is 0 Å². The number of ether oxygens (including phenoxy) is 4. The Balaban J connectivity index is 1.43. The third-order valence-corrected chi connectivity index (χ3v) is 8.81. The van der Waals surface area contributed by atoms with Crippen molar-refractivity contribution in [1.82, 2.24) is 0 Å².